The fourth-order valence-electron chi connectivity index (χ4n) is 2.52. The van der Waals surface area contributed by atoms with Crippen LogP contribution in [-0.2, 0) is 14.3 Å². The van der Waals surface area contributed by atoms with E-state index in [1.807, 2.05) is 4.90 Å². The third kappa shape index (κ3) is 4.01. The Bertz CT molecular complexity index is 521. The van der Waals surface area contributed by atoms with E-state index in [-0.39, 0.29) is 30.0 Å². The summed E-state index contributed by atoms with van der Waals surface area (Å²) in [6.45, 7) is 1.23. The van der Waals surface area contributed by atoms with E-state index in [9.17, 15) is 14.0 Å². The molecule has 0 saturated carbocycles. The molecular formula is C15H19FN2O3. The van der Waals surface area contributed by atoms with Gasteiger partial charge in [-0.15, -0.1) is 0 Å². The lowest BCUT2D eigenvalue weighted by Gasteiger charge is -2.21. The molecule has 1 heterocycles. The lowest BCUT2D eigenvalue weighted by molar-refractivity contribution is -0.146. The van der Waals surface area contributed by atoms with Crippen molar-refractivity contribution in [1.29, 1.82) is 0 Å². The molecule has 1 aliphatic heterocycles. The molecule has 0 aromatic heterocycles. The molecule has 6 heteroatoms. The molecule has 21 heavy (non-hydrogen) atoms. The Hall–Kier alpha value is -1.95. The van der Waals surface area contributed by atoms with Crippen LogP contribution in [0.15, 0.2) is 24.3 Å². The summed E-state index contributed by atoms with van der Waals surface area (Å²) in [5.41, 5.74) is 0.174. The largest absolute Gasteiger partial charge is 0.468 e. The summed E-state index contributed by atoms with van der Waals surface area (Å²) in [7, 11) is 1.36. The number of benzene rings is 1. The molecule has 1 aromatic carbocycles. The number of halogens is 1. The standard InChI is InChI=1S/C15H19FN2O3/c1-21-15(20)13-7-4-9-18(13)10-8-14(19)17-12-6-3-2-5-11(12)16/h2-3,5-6,13H,4,7-10H2,1H3,(H,17,19). The summed E-state index contributed by atoms with van der Waals surface area (Å²) in [6, 6.07) is 5.77. The molecule has 0 aliphatic carbocycles. The molecule has 1 aliphatic rings. The maximum atomic E-state index is 13.4. The second-order valence-electron chi connectivity index (χ2n) is 5.00. The number of amides is 1. The van der Waals surface area contributed by atoms with E-state index in [0.29, 0.717) is 6.54 Å². The SMILES string of the molecule is COC(=O)C1CCCN1CCC(=O)Nc1ccccc1F. The lowest BCUT2D eigenvalue weighted by Crippen LogP contribution is -2.38. The fourth-order valence-corrected chi connectivity index (χ4v) is 2.52. The highest BCUT2D eigenvalue weighted by atomic mass is 19.1. The minimum absolute atomic E-state index is 0.174. The van der Waals surface area contributed by atoms with Gasteiger partial charge in [0.1, 0.15) is 11.9 Å². The monoisotopic (exact) mass is 294 g/mol. The van der Waals surface area contributed by atoms with Gasteiger partial charge in [0, 0.05) is 13.0 Å². The predicted molar refractivity (Wildman–Crippen MR) is 76.3 cm³/mol. The van der Waals surface area contributed by atoms with Gasteiger partial charge in [-0.2, -0.15) is 0 Å². The van der Waals surface area contributed by atoms with E-state index in [1.165, 1.54) is 19.2 Å². The zero-order valence-electron chi connectivity index (χ0n) is 12.0. The van der Waals surface area contributed by atoms with E-state index in [2.05, 4.69) is 5.32 Å². The van der Waals surface area contributed by atoms with Crippen LogP contribution in [0.2, 0.25) is 0 Å². The van der Waals surface area contributed by atoms with Crippen molar-refractivity contribution in [1.82, 2.24) is 4.90 Å². The molecule has 1 unspecified atom stereocenters. The van der Waals surface area contributed by atoms with Crippen LogP contribution < -0.4 is 5.32 Å². The number of hydrogen-bond acceptors (Lipinski definition) is 4. The van der Waals surface area contributed by atoms with Gasteiger partial charge in [0.15, 0.2) is 0 Å². The van der Waals surface area contributed by atoms with Gasteiger partial charge in [0.2, 0.25) is 5.91 Å². The highest BCUT2D eigenvalue weighted by molar-refractivity contribution is 5.91. The minimum Gasteiger partial charge on any atom is -0.468 e. The normalized spacial score (nSPS) is 18.5. The number of methoxy groups -OCH3 is 1. The number of nitrogens with one attached hydrogen (secondary N) is 1. The molecule has 5 nitrogen and oxygen atoms in total. The van der Waals surface area contributed by atoms with Crippen LogP contribution in [0.25, 0.3) is 0 Å². The Balaban J connectivity index is 1.84. The number of likely N-dealkylation sites (tertiary alicyclic amines) is 1. The van der Waals surface area contributed by atoms with Gasteiger partial charge in [-0.05, 0) is 31.5 Å². The molecule has 0 radical (unpaired) electrons. The summed E-state index contributed by atoms with van der Waals surface area (Å²) >= 11 is 0. The molecule has 0 spiro atoms. The van der Waals surface area contributed by atoms with Crippen molar-refractivity contribution in [3.8, 4) is 0 Å². The lowest BCUT2D eigenvalue weighted by atomic mass is 10.2. The van der Waals surface area contributed by atoms with Gasteiger partial charge < -0.3 is 10.1 Å². The number of nitrogens with zero attached hydrogens (tertiary/aromatic N) is 1. The summed E-state index contributed by atoms with van der Waals surface area (Å²) < 4.78 is 18.2. The number of carbonyl (C=O) groups excluding carboxylic acids is 2. The number of esters is 1. The smallest absolute Gasteiger partial charge is 0.323 e. The van der Waals surface area contributed by atoms with Crippen molar-refractivity contribution in [3.05, 3.63) is 30.1 Å². The van der Waals surface area contributed by atoms with E-state index in [1.54, 1.807) is 12.1 Å². The summed E-state index contributed by atoms with van der Waals surface area (Å²) in [5.74, 6) is -0.989. The number of ether oxygens (including phenoxy) is 1. The second kappa shape index (κ2) is 7.17. The molecule has 0 bridgehead atoms. The van der Waals surface area contributed by atoms with Crippen LogP contribution in [0.1, 0.15) is 19.3 Å². The van der Waals surface area contributed by atoms with Gasteiger partial charge in [-0.25, -0.2) is 4.39 Å². The Kier molecular flexibility index (Phi) is 5.27. The molecule has 114 valence electrons. The number of hydrogen-bond donors (Lipinski definition) is 1. The van der Waals surface area contributed by atoms with Crippen molar-refractivity contribution >= 4 is 17.6 Å². The Morgan fingerprint density at radius 1 is 1.43 bits per heavy atom. The first kappa shape index (κ1) is 15.4. The zero-order valence-corrected chi connectivity index (χ0v) is 12.0. The average Bonchev–Trinajstić information content (AvgIpc) is 2.95. The third-order valence-corrected chi connectivity index (χ3v) is 3.61. The van der Waals surface area contributed by atoms with Crippen molar-refractivity contribution in [2.45, 2.75) is 25.3 Å². The highest BCUT2D eigenvalue weighted by Crippen LogP contribution is 2.19. The van der Waals surface area contributed by atoms with E-state index in [0.717, 1.165) is 19.4 Å². The minimum atomic E-state index is -0.459. The van der Waals surface area contributed by atoms with Crippen LogP contribution >= 0.6 is 0 Å². The molecule has 1 saturated heterocycles. The van der Waals surface area contributed by atoms with Crippen LogP contribution in [0.5, 0.6) is 0 Å². The van der Waals surface area contributed by atoms with Gasteiger partial charge in [0.25, 0.3) is 0 Å². The van der Waals surface area contributed by atoms with Gasteiger partial charge in [0.05, 0.1) is 12.8 Å². The number of anilines is 1. The van der Waals surface area contributed by atoms with E-state index < -0.39 is 5.82 Å². The van der Waals surface area contributed by atoms with Crippen LogP contribution in [0, 0.1) is 5.82 Å². The molecule has 1 aromatic rings. The van der Waals surface area contributed by atoms with Crippen molar-refractivity contribution in [2.75, 3.05) is 25.5 Å². The highest BCUT2D eigenvalue weighted by Gasteiger charge is 2.31. The number of carbonyl (C=O) groups is 2. The third-order valence-electron chi connectivity index (χ3n) is 3.61. The van der Waals surface area contributed by atoms with Crippen molar-refractivity contribution in [3.63, 3.8) is 0 Å². The van der Waals surface area contributed by atoms with Crippen LogP contribution in [0.3, 0.4) is 0 Å². The first-order valence-corrected chi connectivity index (χ1v) is 6.98. The number of rotatable bonds is 5. The second-order valence-corrected chi connectivity index (χ2v) is 5.00. The molecule has 1 fully saturated rings. The Labute approximate surface area is 123 Å². The molecule has 2 rings (SSSR count). The summed E-state index contributed by atoms with van der Waals surface area (Å²) in [6.07, 6.45) is 1.87. The predicted octanol–water partition coefficient (Wildman–Crippen LogP) is 1.79. The van der Waals surface area contributed by atoms with E-state index >= 15 is 0 Å². The van der Waals surface area contributed by atoms with Crippen molar-refractivity contribution in [2.24, 2.45) is 0 Å². The zero-order chi connectivity index (χ0) is 15.2. The summed E-state index contributed by atoms with van der Waals surface area (Å²) in [4.78, 5) is 25.4. The van der Waals surface area contributed by atoms with Gasteiger partial charge in [-0.3, -0.25) is 14.5 Å². The average molecular weight is 294 g/mol. The first-order chi connectivity index (χ1) is 10.1. The first-order valence-electron chi connectivity index (χ1n) is 6.98. The van der Waals surface area contributed by atoms with Gasteiger partial charge in [-0.1, -0.05) is 12.1 Å². The van der Waals surface area contributed by atoms with Crippen LogP contribution in [0.4, 0.5) is 10.1 Å². The maximum Gasteiger partial charge on any atom is 0.323 e. The van der Waals surface area contributed by atoms with Crippen molar-refractivity contribution < 1.29 is 18.7 Å². The summed E-state index contributed by atoms with van der Waals surface area (Å²) in [5, 5.41) is 2.54. The quantitative estimate of drug-likeness (QED) is 0.841. The maximum absolute atomic E-state index is 13.4. The Morgan fingerprint density at radius 3 is 2.90 bits per heavy atom. The molecule has 1 N–H and O–H groups in total. The molecular weight excluding hydrogens is 275 g/mol. The van der Waals surface area contributed by atoms with Crippen LogP contribution in [-0.4, -0.2) is 43.0 Å². The molecule has 1 atom stereocenters. The number of para-hydroxylation sites is 1. The molecule has 1 amide bonds. The Morgan fingerprint density at radius 2 is 2.19 bits per heavy atom. The van der Waals surface area contributed by atoms with E-state index in [4.69, 9.17) is 4.74 Å². The topological polar surface area (TPSA) is 58.6 Å². The fraction of sp³-hybridized carbons (Fsp3) is 0.467. The van der Waals surface area contributed by atoms with Gasteiger partial charge >= 0.3 is 5.97 Å².